The third-order valence-corrected chi connectivity index (χ3v) is 4.32. The molecule has 1 fully saturated rings. The van der Waals surface area contributed by atoms with Crippen molar-refractivity contribution in [1.82, 2.24) is 20.9 Å². The SMILES string of the molecule is CCNC(=NCC(=O)NCCc1ccccc1)NC1CCN(CC(F)(F)F)C1.I. The molecule has 1 saturated heterocycles. The first kappa shape index (κ1) is 25.5. The Morgan fingerprint density at radius 2 is 1.97 bits per heavy atom. The minimum absolute atomic E-state index is 0. The van der Waals surface area contributed by atoms with Crippen molar-refractivity contribution in [2.45, 2.75) is 32.0 Å². The molecule has 0 radical (unpaired) electrons. The zero-order valence-electron chi connectivity index (χ0n) is 16.5. The van der Waals surface area contributed by atoms with Gasteiger partial charge in [-0.1, -0.05) is 30.3 Å². The topological polar surface area (TPSA) is 68.8 Å². The highest BCUT2D eigenvalue weighted by molar-refractivity contribution is 14.0. The molecule has 10 heteroatoms. The van der Waals surface area contributed by atoms with E-state index in [1.54, 1.807) is 0 Å². The molecule has 1 heterocycles. The number of benzene rings is 1. The van der Waals surface area contributed by atoms with Crippen molar-refractivity contribution in [2.24, 2.45) is 4.99 Å². The average molecular weight is 527 g/mol. The fraction of sp³-hybridized carbons (Fsp3) is 0.579. The quantitative estimate of drug-likeness (QED) is 0.276. The Hall–Kier alpha value is -1.56. The molecule has 1 aliphatic rings. The van der Waals surface area contributed by atoms with Crippen molar-refractivity contribution in [3.8, 4) is 0 Å². The first-order valence-corrected chi connectivity index (χ1v) is 9.50. The van der Waals surface area contributed by atoms with Crippen molar-refractivity contribution in [3.63, 3.8) is 0 Å². The number of nitrogens with one attached hydrogen (secondary N) is 3. The van der Waals surface area contributed by atoms with Gasteiger partial charge in [0.15, 0.2) is 5.96 Å². The van der Waals surface area contributed by atoms with E-state index in [9.17, 15) is 18.0 Å². The van der Waals surface area contributed by atoms with Gasteiger partial charge < -0.3 is 16.0 Å². The van der Waals surface area contributed by atoms with Crippen LogP contribution < -0.4 is 16.0 Å². The number of carbonyl (C=O) groups is 1. The summed E-state index contributed by atoms with van der Waals surface area (Å²) in [5.41, 5.74) is 1.14. The Kier molecular flexibility index (Phi) is 11.3. The van der Waals surface area contributed by atoms with Crippen LogP contribution in [0.4, 0.5) is 13.2 Å². The van der Waals surface area contributed by atoms with Gasteiger partial charge >= 0.3 is 6.18 Å². The van der Waals surface area contributed by atoms with Gasteiger partial charge in [-0.25, -0.2) is 4.99 Å². The summed E-state index contributed by atoms with van der Waals surface area (Å²) in [5, 5.41) is 8.97. The maximum absolute atomic E-state index is 12.5. The number of likely N-dealkylation sites (tertiary alicyclic amines) is 1. The predicted molar refractivity (Wildman–Crippen MR) is 119 cm³/mol. The van der Waals surface area contributed by atoms with Crippen molar-refractivity contribution < 1.29 is 18.0 Å². The normalized spacial score (nSPS) is 17.5. The summed E-state index contributed by atoms with van der Waals surface area (Å²) < 4.78 is 37.5. The molecule has 164 valence electrons. The van der Waals surface area contributed by atoms with Gasteiger partial charge in [0.2, 0.25) is 5.91 Å². The third kappa shape index (κ3) is 10.7. The van der Waals surface area contributed by atoms with Crippen molar-refractivity contribution in [1.29, 1.82) is 0 Å². The summed E-state index contributed by atoms with van der Waals surface area (Å²) in [4.78, 5) is 17.6. The van der Waals surface area contributed by atoms with E-state index in [0.717, 1.165) is 12.0 Å². The largest absolute Gasteiger partial charge is 0.401 e. The third-order valence-electron chi connectivity index (χ3n) is 4.32. The van der Waals surface area contributed by atoms with Crippen LogP contribution in [0.1, 0.15) is 18.9 Å². The van der Waals surface area contributed by atoms with Crippen LogP contribution in [0, 0.1) is 0 Å². The number of hydrogen-bond acceptors (Lipinski definition) is 3. The number of carbonyl (C=O) groups excluding carboxylic acids is 1. The molecule has 1 atom stereocenters. The monoisotopic (exact) mass is 527 g/mol. The highest BCUT2D eigenvalue weighted by atomic mass is 127. The molecule has 1 aromatic rings. The maximum atomic E-state index is 12.5. The minimum atomic E-state index is -4.19. The van der Waals surface area contributed by atoms with Crippen LogP contribution in [0.2, 0.25) is 0 Å². The molecule has 1 aromatic carbocycles. The first-order chi connectivity index (χ1) is 13.4. The van der Waals surface area contributed by atoms with E-state index < -0.39 is 12.7 Å². The number of nitrogens with zero attached hydrogens (tertiary/aromatic N) is 2. The first-order valence-electron chi connectivity index (χ1n) is 9.50. The average Bonchev–Trinajstić information content (AvgIpc) is 3.06. The smallest absolute Gasteiger partial charge is 0.357 e. The van der Waals surface area contributed by atoms with E-state index >= 15 is 0 Å². The number of aliphatic imine (C=N–C) groups is 1. The number of rotatable bonds is 8. The van der Waals surface area contributed by atoms with Gasteiger partial charge in [0.1, 0.15) is 6.54 Å². The summed E-state index contributed by atoms with van der Waals surface area (Å²) in [5.74, 6) is 0.248. The Labute approximate surface area is 186 Å². The second-order valence-electron chi connectivity index (χ2n) is 6.76. The highest BCUT2D eigenvalue weighted by Gasteiger charge is 2.34. The maximum Gasteiger partial charge on any atom is 0.401 e. The highest BCUT2D eigenvalue weighted by Crippen LogP contribution is 2.19. The zero-order chi connectivity index (χ0) is 20.4. The van der Waals surface area contributed by atoms with Crippen LogP contribution in [0.5, 0.6) is 0 Å². The molecule has 1 aliphatic heterocycles. The molecule has 1 unspecified atom stereocenters. The van der Waals surface area contributed by atoms with E-state index in [2.05, 4.69) is 20.9 Å². The van der Waals surface area contributed by atoms with E-state index in [1.807, 2.05) is 37.3 Å². The lowest BCUT2D eigenvalue weighted by Crippen LogP contribution is -2.45. The van der Waals surface area contributed by atoms with Gasteiger partial charge in [-0.15, -0.1) is 24.0 Å². The molecule has 1 amide bonds. The molecule has 6 nitrogen and oxygen atoms in total. The van der Waals surface area contributed by atoms with E-state index in [-0.39, 0.29) is 42.5 Å². The molecule has 29 heavy (non-hydrogen) atoms. The Morgan fingerprint density at radius 1 is 1.24 bits per heavy atom. The van der Waals surface area contributed by atoms with E-state index in [4.69, 9.17) is 0 Å². The molecule has 0 aliphatic carbocycles. The van der Waals surface area contributed by atoms with Crippen LogP contribution >= 0.6 is 24.0 Å². The van der Waals surface area contributed by atoms with E-state index in [1.165, 1.54) is 4.90 Å². The lowest BCUT2D eigenvalue weighted by atomic mass is 10.1. The van der Waals surface area contributed by atoms with Crippen LogP contribution in [0.15, 0.2) is 35.3 Å². The van der Waals surface area contributed by atoms with Gasteiger partial charge in [0, 0.05) is 32.2 Å². The Balaban J connectivity index is 0.00000420. The number of guanidine groups is 1. The minimum Gasteiger partial charge on any atom is -0.357 e. The second-order valence-corrected chi connectivity index (χ2v) is 6.76. The number of amides is 1. The molecule has 0 spiro atoms. The summed E-state index contributed by atoms with van der Waals surface area (Å²) in [6.45, 7) is 2.76. The second kappa shape index (κ2) is 12.9. The number of halogens is 4. The molecular weight excluding hydrogens is 498 g/mol. The predicted octanol–water partition coefficient (Wildman–Crippen LogP) is 2.16. The summed E-state index contributed by atoms with van der Waals surface area (Å²) in [7, 11) is 0. The van der Waals surface area contributed by atoms with Gasteiger partial charge in [-0.2, -0.15) is 13.2 Å². The van der Waals surface area contributed by atoms with Gasteiger partial charge in [0.05, 0.1) is 6.54 Å². The Bertz CT molecular complexity index is 642. The Morgan fingerprint density at radius 3 is 2.62 bits per heavy atom. The molecule has 2 rings (SSSR count). The zero-order valence-corrected chi connectivity index (χ0v) is 18.8. The molecular formula is C19H29F3IN5O. The van der Waals surface area contributed by atoms with Gasteiger partial charge in [-0.3, -0.25) is 9.69 Å². The van der Waals surface area contributed by atoms with Gasteiger partial charge in [0.25, 0.3) is 0 Å². The lowest BCUT2D eigenvalue weighted by Gasteiger charge is -2.19. The van der Waals surface area contributed by atoms with Crippen LogP contribution in [0.25, 0.3) is 0 Å². The number of hydrogen-bond donors (Lipinski definition) is 3. The fourth-order valence-corrected chi connectivity index (χ4v) is 3.06. The van der Waals surface area contributed by atoms with Crippen molar-refractivity contribution in [2.75, 3.05) is 39.3 Å². The summed E-state index contributed by atoms with van der Waals surface area (Å²) in [6.07, 6.45) is -2.85. The van der Waals surface area contributed by atoms with Gasteiger partial charge in [-0.05, 0) is 25.3 Å². The molecule has 3 N–H and O–H groups in total. The lowest BCUT2D eigenvalue weighted by molar-refractivity contribution is -0.143. The van der Waals surface area contributed by atoms with Crippen LogP contribution in [0.3, 0.4) is 0 Å². The fourth-order valence-electron chi connectivity index (χ4n) is 3.06. The molecule has 0 aromatic heterocycles. The molecule has 0 saturated carbocycles. The van der Waals surface area contributed by atoms with Crippen LogP contribution in [-0.2, 0) is 11.2 Å². The van der Waals surface area contributed by atoms with Crippen LogP contribution in [-0.4, -0.2) is 68.3 Å². The molecule has 0 bridgehead atoms. The van der Waals surface area contributed by atoms with E-state index in [0.29, 0.717) is 38.6 Å². The van der Waals surface area contributed by atoms with Crippen molar-refractivity contribution in [3.05, 3.63) is 35.9 Å². The standard InChI is InChI=1S/C19H28F3N5O.HI/c1-2-23-18(26-16-9-11-27(13-16)14-19(20,21)22)25-12-17(28)24-10-8-15-6-4-3-5-7-15;/h3-7,16H,2,8-14H2,1H3,(H,24,28)(H2,23,25,26);1H. The number of alkyl halides is 3. The summed E-state index contributed by atoms with van der Waals surface area (Å²) in [6, 6.07) is 9.73. The summed E-state index contributed by atoms with van der Waals surface area (Å²) >= 11 is 0. The van der Waals surface area contributed by atoms with Crippen molar-refractivity contribution >= 4 is 35.8 Å².